The van der Waals surface area contributed by atoms with E-state index in [0.717, 1.165) is 0 Å². The first-order chi connectivity index (χ1) is 24.1. The van der Waals surface area contributed by atoms with Gasteiger partial charge in [-0.05, 0) is 42.6 Å². The number of rotatable bonds is 25. The van der Waals surface area contributed by atoms with Crippen molar-refractivity contribution >= 4 is 65.1 Å². The van der Waals surface area contributed by atoms with E-state index in [1.54, 1.807) is 47.8 Å². The molecule has 0 heterocycles. The van der Waals surface area contributed by atoms with Crippen LogP contribution in [-0.2, 0) is 43.2 Å². The molecule has 296 valence electrons. The van der Waals surface area contributed by atoms with Crippen molar-refractivity contribution < 1.29 is 58.5 Å². The van der Waals surface area contributed by atoms with E-state index in [0.29, 0.717) is 12.2 Å². The molecule has 20 heteroatoms. The van der Waals surface area contributed by atoms with Crippen LogP contribution in [-0.4, -0.2) is 123 Å². The quantitative estimate of drug-likeness (QED) is 0.0501. The fraction of sp³-hybridized carbons (Fsp3) is 0.719. The van der Waals surface area contributed by atoms with Gasteiger partial charge in [0.2, 0.25) is 35.4 Å². The molecule has 0 aromatic rings. The number of nitrogens with one attached hydrogen (secondary N) is 6. The molecule has 11 N–H and O–H groups in total. The molecule has 6 amide bonds. The highest BCUT2D eigenvalue weighted by Crippen LogP contribution is 2.11. The summed E-state index contributed by atoms with van der Waals surface area (Å²) in [4.78, 5) is 112. The van der Waals surface area contributed by atoms with E-state index >= 15 is 0 Å². The molecule has 0 saturated heterocycles. The largest absolute Gasteiger partial charge is 0.481 e. The maximum atomic E-state index is 13.5. The summed E-state index contributed by atoms with van der Waals surface area (Å²) in [5, 5.41) is 42.2. The lowest BCUT2D eigenvalue weighted by molar-refractivity contribution is -0.142. The molecular formula is C32H55N7O12S. The van der Waals surface area contributed by atoms with Gasteiger partial charge in [0, 0.05) is 0 Å². The summed E-state index contributed by atoms with van der Waals surface area (Å²) in [5.74, 6) is -10.1. The van der Waals surface area contributed by atoms with Crippen molar-refractivity contribution in [1.29, 1.82) is 0 Å². The van der Waals surface area contributed by atoms with E-state index in [1.807, 2.05) is 0 Å². The van der Waals surface area contributed by atoms with Gasteiger partial charge in [-0.2, -0.15) is 11.8 Å². The van der Waals surface area contributed by atoms with Crippen LogP contribution in [0.25, 0.3) is 0 Å². The summed E-state index contributed by atoms with van der Waals surface area (Å²) in [6.45, 7) is 9.43. The van der Waals surface area contributed by atoms with Gasteiger partial charge in [0.05, 0.1) is 25.4 Å². The normalized spacial score (nSPS) is 15.1. The molecule has 0 radical (unpaired) electrons. The van der Waals surface area contributed by atoms with E-state index in [4.69, 9.17) is 10.8 Å². The van der Waals surface area contributed by atoms with Crippen molar-refractivity contribution in [2.45, 2.75) is 110 Å². The highest BCUT2D eigenvalue weighted by molar-refractivity contribution is 7.98. The van der Waals surface area contributed by atoms with Crippen LogP contribution in [0.15, 0.2) is 0 Å². The van der Waals surface area contributed by atoms with Gasteiger partial charge < -0.3 is 53.0 Å². The zero-order valence-corrected chi connectivity index (χ0v) is 31.5. The molecule has 0 rings (SSSR count). The third kappa shape index (κ3) is 18.2. The minimum Gasteiger partial charge on any atom is -0.481 e. The number of carboxylic acid groups (broad SMARTS) is 3. The molecule has 7 atom stereocenters. The van der Waals surface area contributed by atoms with E-state index in [-0.39, 0.29) is 18.8 Å². The van der Waals surface area contributed by atoms with Gasteiger partial charge in [0.1, 0.15) is 30.2 Å². The molecule has 0 saturated carbocycles. The molecule has 0 unspecified atom stereocenters. The van der Waals surface area contributed by atoms with Gasteiger partial charge in [-0.25, -0.2) is 4.79 Å². The SMILES string of the molecule is CC[C@H](C)[C@H](NC(=O)[C@@H](N)CC(=O)O)C(=O)N[C@@H](CC(=O)O)C(=O)N[C@H](C(=O)N[C@@H](CCSC)C(=O)NCC(=O)N[C@@H](CC(C)C)C(=O)O)C(C)C. The van der Waals surface area contributed by atoms with E-state index < -0.39 is 121 Å². The number of amides is 6. The smallest absolute Gasteiger partial charge is 0.326 e. The highest BCUT2D eigenvalue weighted by atomic mass is 32.2. The van der Waals surface area contributed by atoms with Crippen LogP contribution in [0.3, 0.4) is 0 Å². The first kappa shape index (κ1) is 47.5. The molecule has 0 aliphatic heterocycles. The molecule has 0 fully saturated rings. The fourth-order valence-electron chi connectivity index (χ4n) is 4.67. The Balaban J connectivity index is 5.93. The number of hydrogen-bond acceptors (Lipinski definition) is 11. The average molecular weight is 762 g/mol. The minimum absolute atomic E-state index is 0.0298. The van der Waals surface area contributed by atoms with E-state index in [9.17, 15) is 53.4 Å². The molecule has 19 nitrogen and oxygen atoms in total. The van der Waals surface area contributed by atoms with Gasteiger partial charge in [-0.3, -0.25) is 38.4 Å². The lowest BCUT2D eigenvalue weighted by Crippen LogP contribution is -2.61. The lowest BCUT2D eigenvalue weighted by atomic mass is 9.97. The standard InChI is InChI=1S/C32H55N7O12S/c1-8-17(6)26(39-27(45)18(33)12-23(41)42)31(49)37-20(13-24(43)44)29(47)38-25(16(4)5)30(48)36-19(9-10-52-7)28(46)34-14-22(40)35-21(32(50)51)11-15(2)3/h15-21,25-26H,8-14,33H2,1-7H3,(H,34,46)(H,35,40)(H,36,48)(H,37,49)(H,38,47)(H,39,45)(H,41,42)(H,43,44)(H,50,51)/t17-,18-,19-,20-,21-,25-,26-/m0/s1. The predicted molar refractivity (Wildman–Crippen MR) is 190 cm³/mol. The van der Waals surface area contributed by atoms with Gasteiger partial charge in [0.15, 0.2) is 0 Å². The Morgan fingerprint density at radius 3 is 1.67 bits per heavy atom. The Morgan fingerprint density at radius 1 is 0.654 bits per heavy atom. The summed E-state index contributed by atoms with van der Waals surface area (Å²) < 4.78 is 0. The second-order valence-electron chi connectivity index (χ2n) is 13.1. The topological polar surface area (TPSA) is 313 Å². The van der Waals surface area contributed by atoms with Crippen molar-refractivity contribution in [1.82, 2.24) is 31.9 Å². The van der Waals surface area contributed by atoms with Crippen molar-refractivity contribution in [3.05, 3.63) is 0 Å². The Hall–Kier alpha value is -4.46. The Bertz CT molecular complexity index is 1280. The second kappa shape index (κ2) is 23.9. The number of aliphatic carboxylic acids is 3. The second-order valence-corrected chi connectivity index (χ2v) is 14.1. The third-order valence-corrected chi connectivity index (χ3v) is 8.43. The molecule has 52 heavy (non-hydrogen) atoms. The summed E-state index contributed by atoms with van der Waals surface area (Å²) in [6, 6.07) is -8.22. The number of carbonyl (C=O) groups excluding carboxylic acids is 6. The highest BCUT2D eigenvalue weighted by Gasteiger charge is 2.35. The zero-order valence-electron chi connectivity index (χ0n) is 30.6. The summed E-state index contributed by atoms with van der Waals surface area (Å²) in [6.07, 6.45) is 0.754. The van der Waals surface area contributed by atoms with Crippen molar-refractivity contribution in [3.8, 4) is 0 Å². The lowest BCUT2D eigenvalue weighted by Gasteiger charge is -2.29. The van der Waals surface area contributed by atoms with Gasteiger partial charge in [-0.1, -0.05) is 48.0 Å². The molecule has 0 bridgehead atoms. The predicted octanol–water partition coefficient (Wildman–Crippen LogP) is -1.61. The first-order valence-electron chi connectivity index (χ1n) is 16.8. The summed E-state index contributed by atoms with van der Waals surface area (Å²) >= 11 is 1.37. The molecule has 0 aromatic heterocycles. The van der Waals surface area contributed by atoms with Gasteiger partial charge >= 0.3 is 17.9 Å². The Morgan fingerprint density at radius 2 is 1.19 bits per heavy atom. The number of hydrogen-bond donors (Lipinski definition) is 10. The van der Waals surface area contributed by atoms with E-state index in [2.05, 4.69) is 31.9 Å². The van der Waals surface area contributed by atoms with Crippen molar-refractivity contribution in [2.75, 3.05) is 18.6 Å². The summed E-state index contributed by atoms with van der Waals surface area (Å²) in [7, 11) is 0. The Labute approximate surface area is 307 Å². The van der Waals surface area contributed by atoms with Crippen LogP contribution in [0.5, 0.6) is 0 Å². The van der Waals surface area contributed by atoms with Crippen LogP contribution < -0.4 is 37.6 Å². The van der Waals surface area contributed by atoms with Crippen LogP contribution >= 0.6 is 11.8 Å². The van der Waals surface area contributed by atoms with Crippen LogP contribution in [0.2, 0.25) is 0 Å². The fourth-order valence-corrected chi connectivity index (χ4v) is 5.14. The molecule has 0 aliphatic rings. The third-order valence-electron chi connectivity index (χ3n) is 7.79. The minimum atomic E-state index is -1.73. The van der Waals surface area contributed by atoms with Crippen LogP contribution in [0, 0.1) is 17.8 Å². The van der Waals surface area contributed by atoms with Crippen LogP contribution in [0.4, 0.5) is 0 Å². The van der Waals surface area contributed by atoms with Crippen LogP contribution in [0.1, 0.15) is 73.6 Å². The zero-order chi connectivity index (χ0) is 40.3. The van der Waals surface area contributed by atoms with Gasteiger partial charge in [0.25, 0.3) is 0 Å². The van der Waals surface area contributed by atoms with Gasteiger partial charge in [-0.15, -0.1) is 0 Å². The molecular weight excluding hydrogens is 706 g/mol. The number of thioether (sulfide) groups is 1. The number of nitrogens with two attached hydrogens (primary N) is 1. The monoisotopic (exact) mass is 761 g/mol. The maximum absolute atomic E-state index is 13.5. The molecule has 0 aliphatic carbocycles. The number of carbonyl (C=O) groups is 9. The maximum Gasteiger partial charge on any atom is 0.326 e. The first-order valence-corrected chi connectivity index (χ1v) is 18.2. The summed E-state index contributed by atoms with van der Waals surface area (Å²) in [5.41, 5.74) is 5.62. The average Bonchev–Trinajstić information content (AvgIpc) is 3.04. The van der Waals surface area contributed by atoms with Crippen molar-refractivity contribution in [3.63, 3.8) is 0 Å². The van der Waals surface area contributed by atoms with Crippen molar-refractivity contribution in [2.24, 2.45) is 23.5 Å². The Kier molecular flexibility index (Phi) is 21.9. The molecule has 0 aromatic carbocycles. The molecule has 0 spiro atoms. The number of carboxylic acids is 3. The van der Waals surface area contributed by atoms with E-state index in [1.165, 1.54) is 11.8 Å².